The molecule has 15 heavy (non-hydrogen) atoms. The zero-order chi connectivity index (χ0) is 10.8. The summed E-state index contributed by atoms with van der Waals surface area (Å²) in [7, 11) is 1.82. The normalized spacial score (nSPS) is 10.3. The molecule has 0 saturated carbocycles. The highest BCUT2D eigenvalue weighted by molar-refractivity contribution is 6.30. The molecule has 78 valence electrons. The molecule has 0 spiro atoms. The summed E-state index contributed by atoms with van der Waals surface area (Å²) in [5.74, 6) is 0.653. The van der Waals surface area contributed by atoms with Crippen LogP contribution in [0.3, 0.4) is 0 Å². The predicted octanol–water partition coefficient (Wildman–Crippen LogP) is 2.40. The van der Waals surface area contributed by atoms with Gasteiger partial charge >= 0.3 is 0 Å². The van der Waals surface area contributed by atoms with Crippen molar-refractivity contribution in [3.63, 3.8) is 0 Å². The number of nitrogens with two attached hydrogens (primary N) is 1. The van der Waals surface area contributed by atoms with Crippen molar-refractivity contribution in [1.29, 1.82) is 0 Å². The van der Waals surface area contributed by atoms with E-state index in [1.165, 1.54) is 0 Å². The maximum atomic E-state index is 5.78. The first-order valence-corrected chi connectivity index (χ1v) is 4.84. The number of anilines is 3. The summed E-state index contributed by atoms with van der Waals surface area (Å²) in [6.07, 6.45) is 1.75. The van der Waals surface area contributed by atoms with Gasteiger partial charge in [0.05, 0.1) is 5.69 Å². The van der Waals surface area contributed by atoms with E-state index in [0.29, 0.717) is 16.5 Å². The first kappa shape index (κ1) is 9.86. The lowest BCUT2D eigenvalue weighted by molar-refractivity contribution is 0.771. The van der Waals surface area contributed by atoms with Gasteiger partial charge in [-0.1, -0.05) is 11.6 Å². The summed E-state index contributed by atoms with van der Waals surface area (Å²) in [5, 5.41) is 7.98. The maximum absolute atomic E-state index is 5.78. The molecular weight excluding hydrogens is 212 g/mol. The van der Waals surface area contributed by atoms with Crippen LogP contribution in [0.4, 0.5) is 17.2 Å². The van der Waals surface area contributed by atoms with Crippen LogP contribution in [-0.4, -0.2) is 9.78 Å². The number of benzene rings is 1. The lowest BCUT2D eigenvalue weighted by atomic mass is 10.3. The molecule has 5 heteroatoms. The average molecular weight is 223 g/mol. The number of aromatic nitrogens is 2. The van der Waals surface area contributed by atoms with Crippen LogP contribution in [0.25, 0.3) is 0 Å². The summed E-state index contributed by atoms with van der Waals surface area (Å²) in [4.78, 5) is 0. The zero-order valence-electron chi connectivity index (χ0n) is 8.24. The van der Waals surface area contributed by atoms with Crippen molar-refractivity contribution in [2.75, 3.05) is 11.1 Å². The second-order valence-electron chi connectivity index (χ2n) is 3.24. The monoisotopic (exact) mass is 222 g/mol. The van der Waals surface area contributed by atoms with Crippen LogP contribution < -0.4 is 11.1 Å². The number of rotatable bonds is 2. The van der Waals surface area contributed by atoms with E-state index >= 15 is 0 Å². The van der Waals surface area contributed by atoms with Gasteiger partial charge in [0.15, 0.2) is 5.82 Å². The molecule has 2 aromatic rings. The summed E-state index contributed by atoms with van der Waals surface area (Å²) in [5.41, 5.74) is 7.27. The third kappa shape index (κ3) is 2.22. The molecule has 0 fully saturated rings. The van der Waals surface area contributed by atoms with Crippen LogP contribution in [0.2, 0.25) is 5.02 Å². The van der Waals surface area contributed by atoms with Gasteiger partial charge in [-0.15, -0.1) is 0 Å². The van der Waals surface area contributed by atoms with E-state index in [9.17, 15) is 0 Å². The summed E-state index contributed by atoms with van der Waals surface area (Å²) in [6, 6.07) is 7.36. The van der Waals surface area contributed by atoms with Gasteiger partial charge in [0.2, 0.25) is 0 Å². The summed E-state index contributed by atoms with van der Waals surface area (Å²) >= 11 is 5.78. The lowest BCUT2D eigenvalue weighted by Gasteiger charge is -2.03. The van der Waals surface area contributed by atoms with Crippen LogP contribution in [0.1, 0.15) is 0 Å². The Kier molecular flexibility index (Phi) is 2.51. The molecule has 0 aliphatic carbocycles. The SMILES string of the molecule is Cn1cc(N)c(Nc2ccc(Cl)cc2)n1. The molecule has 3 N–H and O–H groups in total. The Bertz CT molecular complexity index is 461. The smallest absolute Gasteiger partial charge is 0.175 e. The molecule has 0 aliphatic heterocycles. The van der Waals surface area contributed by atoms with Gasteiger partial charge in [-0.25, -0.2) is 0 Å². The Hall–Kier alpha value is -1.68. The fourth-order valence-corrected chi connectivity index (χ4v) is 1.40. The molecule has 0 radical (unpaired) electrons. The van der Waals surface area contributed by atoms with Gasteiger partial charge in [-0.2, -0.15) is 5.10 Å². The van der Waals surface area contributed by atoms with Crippen molar-refractivity contribution >= 4 is 28.8 Å². The Balaban J connectivity index is 2.21. The molecule has 0 aliphatic rings. The van der Waals surface area contributed by atoms with Crippen molar-refractivity contribution in [2.45, 2.75) is 0 Å². The van der Waals surface area contributed by atoms with E-state index in [-0.39, 0.29) is 0 Å². The van der Waals surface area contributed by atoms with Crippen molar-refractivity contribution in [3.05, 3.63) is 35.5 Å². The fourth-order valence-electron chi connectivity index (χ4n) is 1.27. The molecule has 0 bridgehead atoms. The minimum Gasteiger partial charge on any atom is -0.394 e. The number of halogens is 1. The van der Waals surface area contributed by atoms with E-state index in [4.69, 9.17) is 17.3 Å². The van der Waals surface area contributed by atoms with Gasteiger partial charge in [-0.3, -0.25) is 4.68 Å². The van der Waals surface area contributed by atoms with Crippen LogP contribution in [-0.2, 0) is 7.05 Å². The predicted molar refractivity (Wildman–Crippen MR) is 62.4 cm³/mol. The first-order valence-electron chi connectivity index (χ1n) is 4.47. The second-order valence-corrected chi connectivity index (χ2v) is 3.68. The highest BCUT2D eigenvalue weighted by Gasteiger charge is 2.03. The van der Waals surface area contributed by atoms with Gasteiger partial charge in [0, 0.05) is 24.0 Å². The average Bonchev–Trinajstić information content (AvgIpc) is 2.49. The Morgan fingerprint density at radius 1 is 1.33 bits per heavy atom. The van der Waals surface area contributed by atoms with E-state index in [2.05, 4.69) is 10.4 Å². The van der Waals surface area contributed by atoms with Crippen molar-refractivity contribution in [1.82, 2.24) is 9.78 Å². The number of nitrogens with zero attached hydrogens (tertiary/aromatic N) is 2. The van der Waals surface area contributed by atoms with Crippen LogP contribution in [0.15, 0.2) is 30.5 Å². The molecule has 0 saturated heterocycles. The zero-order valence-corrected chi connectivity index (χ0v) is 8.99. The van der Waals surface area contributed by atoms with Crippen molar-refractivity contribution in [2.24, 2.45) is 7.05 Å². The molecule has 0 atom stereocenters. The largest absolute Gasteiger partial charge is 0.394 e. The summed E-state index contributed by atoms with van der Waals surface area (Å²) in [6.45, 7) is 0. The lowest BCUT2D eigenvalue weighted by Crippen LogP contribution is -1.95. The van der Waals surface area contributed by atoms with Crippen LogP contribution in [0, 0.1) is 0 Å². The molecular formula is C10H11ClN4. The van der Waals surface area contributed by atoms with Crippen molar-refractivity contribution < 1.29 is 0 Å². The third-order valence-corrected chi connectivity index (χ3v) is 2.22. The van der Waals surface area contributed by atoms with E-state index < -0.39 is 0 Å². The molecule has 1 aromatic carbocycles. The standard InChI is InChI=1S/C10H11ClN4/c1-15-6-9(12)10(14-15)13-8-4-2-7(11)3-5-8/h2-6H,12H2,1H3,(H,13,14). The second kappa shape index (κ2) is 3.82. The molecule has 1 aromatic heterocycles. The van der Waals surface area contributed by atoms with Gasteiger partial charge in [-0.05, 0) is 24.3 Å². The van der Waals surface area contributed by atoms with E-state index in [0.717, 1.165) is 5.69 Å². The van der Waals surface area contributed by atoms with Crippen LogP contribution >= 0.6 is 11.6 Å². The molecule has 1 heterocycles. The molecule has 4 nitrogen and oxygen atoms in total. The topological polar surface area (TPSA) is 55.9 Å². The van der Waals surface area contributed by atoms with Gasteiger partial charge in [0.25, 0.3) is 0 Å². The minimum absolute atomic E-state index is 0.618. The summed E-state index contributed by atoms with van der Waals surface area (Å²) < 4.78 is 1.66. The highest BCUT2D eigenvalue weighted by atomic mass is 35.5. The Morgan fingerprint density at radius 2 is 2.00 bits per heavy atom. The number of hydrogen-bond donors (Lipinski definition) is 2. The first-order chi connectivity index (χ1) is 7.15. The fraction of sp³-hybridized carbons (Fsp3) is 0.100. The third-order valence-electron chi connectivity index (χ3n) is 1.96. The maximum Gasteiger partial charge on any atom is 0.175 e. The minimum atomic E-state index is 0.618. The Morgan fingerprint density at radius 3 is 2.53 bits per heavy atom. The highest BCUT2D eigenvalue weighted by Crippen LogP contribution is 2.21. The molecule has 0 amide bonds. The quantitative estimate of drug-likeness (QED) is 0.821. The van der Waals surface area contributed by atoms with E-state index in [1.54, 1.807) is 10.9 Å². The van der Waals surface area contributed by atoms with Gasteiger partial charge < -0.3 is 11.1 Å². The van der Waals surface area contributed by atoms with Crippen molar-refractivity contribution in [3.8, 4) is 0 Å². The Labute approximate surface area is 92.7 Å². The van der Waals surface area contributed by atoms with E-state index in [1.807, 2.05) is 31.3 Å². The number of nitrogen functional groups attached to an aromatic ring is 1. The number of nitrogens with one attached hydrogen (secondary N) is 1. The van der Waals surface area contributed by atoms with Gasteiger partial charge in [0.1, 0.15) is 0 Å². The number of aryl methyl sites for hydroxylation is 1. The van der Waals surface area contributed by atoms with Crippen LogP contribution in [0.5, 0.6) is 0 Å². The molecule has 2 rings (SSSR count). The number of hydrogen-bond acceptors (Lipinski definition) is 3. The molecule has 0 unspecified atom stereocenters.